The van der Waals surface area contributed by atoms with Crippen molar-refractivity contribution in [2.75, 3.05) is 51.7 Å². The Balaban J connectivity index is 1.49. The first-order chi connectivity index (χ1) is 16.6. The van der Waals surface area contributed by atoms with Gasteiger partial charge in [-0.1, -0.05) is 30.3 Å². The lowest BCUT2D eigenvalue weighted by Gasteiger charge is -2.32. The molecule has 174 valence electrons. The maximum absolute atomic E-state index is 12.9. The quantitative estimate of drug-likeness (QED) is 0.458. The van der Waals surface area contributed by atoms with Crippen molar-refractivity contribution in [1.29, 1.82) is 0 Å². The van der Waals surface area contributed by atoms with Gasteiger partial charge in [0, 0.05) is 49.5 Å². The third-order valence-electron chi connectivity index (χ3n) is 6.02. The molecule has 9 heteroatoms. The number of nitrogens with zero attached hydrogens (tertiary/aromatic N) is 6. The summed E-state index contributed by atoms with van der Waals surface area (Å²) in [5, 5.41) is 12.5. The number of amides is 1. The average Bonchev–Trinajstić information content (AvgIpc) is 3.32. The second-order valence-corrected chi connectivity index (χ2v) is 8.34. The largest absolute Gasteiger partial charge is 0.395 e. The van der Waals surface area contributed by atoms with E-state index in [1.165, 1.54) is 0 Å². The van der Waals surface area contributed by atoms with Gasteiger partial charge in [0.15, 0.2) is 22.8 Å². The molecule has 0 unspecified atom stereocenters. The van der Waals surface area contributed by atoms with Crippen molar-refractivity contribution in [3.63, 3.8) is 0 Å². The van der Waals surface area contributed by atoms with Gasteiger partial charge in [-0.15, -0.1) is 0 Å². The molecule has 1 fully saturated rings. The lowest BCUT2D eigenvalue weighted by molar-refractivity contribution is 0.0664. The Hall–Kier alpha value is -3.82. The molecule has 1 aliphatic rings. The summed E-state index contributed by atoms with van der Waals surface area (Å²) >= 11 is 0. The normalized spacial score (nSPS) is 14.5. The van der Waals surface area contributed by atoms with Gasteiger partial charge in [-0.2, -0.15) is 0 Å². The summed E-state index contributed by atoms with van der Waals surface area (Å²) in [6.45, 7) is 3.57. The number of piperazine rings is 1. The van der Waals surface area contributed by atoms with Crippen LogP contribution >= 0.6 is 0 Å². The number of fused-ring (bicyclic) bond motifs is 1. The lowest BCUT2D eigenvalue weighted by atomic mass is 10.1. The van der Waals surface area contributed by atoms with Crippen LogP contribution in [-0.4, -0.2) is 86.7 Å². The molecule has 4 aromatic rings. The Labute approximate surface area is 197 Å². The smallest absolute Gasteiger partial charge is 0.253 e. The summed E-state index contributed by atoms with van der Waals surface area (Å²) < 4.78 is 1.91. The van der Waals surface area contributed by atoms with Crippen LogP contribution in [0, 0.1) is 0 Å². The summed E-state index contributed by atoms with van der Waals surface area (Å²) in [6.07, 6.45) is 1.72. The summed E-state index contributed by atoms with van der Waals surface area (Å²) in [5.74, 6) is 1.12. The summed E-state index contributed by atoms with van der Waals surface area (Å²) in [6, 6.07) is 17.3. The second kappa shape index (κ2) is 9.58. The van der Waals surface area contributed by atoms with Crippen LogP contribution < -0.4 is 5.32 Å². The highest BCUT2D eigenvalue weighted by molar-refractivity contribution is 5.95. The maximum atomic E-state index is 12.9. The molecule has 2 N–H and O–H groups in total. The Kier molecular flexibility index (Phi) is 6.20. The van der Waals surface area contributed by atoms with Gasteiger partial charge in [0.25, 0.3) is 5.91 Å². The van der Waals surface area contributed by atoms with E-state index in [-0.39, 0.29) is 12.5 Å². The standard InChI is InChI=1S/C25H27N7O2/c1-30-12-14-31(15-13-30)25(34)19-9-7-18(8-10-19)22-28-23(26-11-16-33)21-24(29-22)32(17-27-21)20-5-3-2-4-6-20/h2-10,17,33H,11-16H2,1H3,(H,26,28,29). The van der Waals surface area contributed by atoms with E-state index >= 15 is 0 Å². The number of hydrogen-bond donors (Lipinski definition) is 2. The van der Waals surface area contributed by atoms with Crippen LogP contribution in [0.1, 0.15) is 10.4 Å². The second-order valence-electron chi connectivity index (χ2n) is 8.34. The number of anilines is 1. The molecule has 34 heavy (non-hydrogen) atoms. The van der Waals surface area contributed by atoms with E-state index in [1.807, 2.05) is 64.1 Å². The van der Waals surface area contributed by atoms with Crippen LogP contribution in [0.5, 0.6) is 0 Å². The molecule has 0 saturated carbocycles. The van der Waals surface area contributed by atoms with Gasteiger partial charge in [0.05, 0.1) is 6.61 Å². The number of para-hydroxylation sites is 1. The predicted molar refractivity (Wildman–Crippen MR) is 131 cm³/mol. The van der Waals surface area contributed by atoms with E-state index in [1.54, 1.807) is 6.33 Å². The van der Waals surface area contributed by atoms with E-state index < -0.39 is 0 Å². The fourth-order valence-electron chi connectivity index (χ4n) is 4.06. The number of nitrogens with one attached hydrogen (secondary N) is 1. The Morgan fingerprint density at radius 2 is 1.74 bits per heavy atom. The number of aliphatic hydroxyl groups is 1. The SMILES string of the molecule is CN1CCN(C(=O)c2ccc(-c3nc(NCCO)c4ncn(-c5ccccc5)c4n3)cc2)CC1. The number of carbonyl (C=O) groups is 1. The lowest BCUT2D eigenvalue weighted by Crippen LogP contribution is -2.47. The fourth-order valence-corrected chi connectivity index (χ4v) is 4.06. The molecular weight excluding hydrogens is 430 g/mol. The van der Waals surface area contributed by atoms with Crippen LogP contribution in [-0.2, 0) is 0 Å². The van der Waals surface area contributed by atoms with Crippen LogP contribution in [0.4, 0.5) is 5.82 Å². The molecule has 0 spiro atoms. The van der Waals surface area contributed by atoms with Crippen molar-refractivity contribution in [3.05, 3.63) is 66.5 Å². The maximum Gasteiger partial charge on any atom is 0.253 e. The van der Waals surface area contributed by atoms with Crippen molar-refractivity contribution < 1.29 is 9.90 Å². The molecule has 1 amide bonds. The Morgan fingerprint density at radius 3 is 2.44 bits per heavy atom. The van der Waals surface area contributed by atoms with Gasteiger partial charge in [-0.3, -0.25) is 9.36 Å². The number of rotatable bonds is 6. The number of imidazole rings is 1. The first kappa shape index (κ1) is 22.0. The molecule has 2 aromatic heterocycles. The van der Waals surface area contributed by atoms with Crippen LogP contribution in [0.25, 0.3) is 28.2 Å². The molecule has 0 bridgehead atoms. The van der Waals surface area contributed by atoms with Crippen molar-refractivity contribution in [3.8, 4) is 17.1 Å². The minimum Gasteiger partial charge on any atom is -0.395 e. The van der Waals surface area contributed by atoms with Gasteiger partial charge in [0.2, 0.25) is 0 Å². The molecule has 9 nitrogen and oxygen atoms in total. The Morgan fingerprint density at radius 1 is 1.00 bits per heavy atom. The van der Waals surface area contributed by atoms with Gasteiger partial charge in [-0.05, 0) is 31.3 Å². The summed E-state index contributed by atoms with van der Waals surface area (Å²) in [4.78, 5) is 31.0. The van der Waals surface area contributed by atoms with Gasteiger partial charge < -0.3 is 20.2 Å². The van der Waals surface area contributed by atoms with Crippen LogP contribution in [0.15, 0.2) is 60.9 Å². The van der Waals surface area contributed by atoms with Crippen LogP contribution in [0.3, 0.4) is 0 Å². The number of likely N-dealkylation sites (N-methyl/N-ethyl adjacent to an activating group) is 1. The zero-order valence-corrected chi connectivity index (χ0v) is 19.1. The van der Waals surface area contributed by atoms with E-state index in [2.05, 4.69) is 27.2 Å². The first-order valence-corrected chi connectivity index (χ1v) is 11.4. The monoisotopic (exact) mass is 457 g/mol. The van der Waals surface area contributed by atoms with Crippen molar-refractivity contribution in [2.24, 2.45) is 0 Å². The molecular formula is C25H27N7O2. The third-order valence-corrected chi connectivity index (χ3v) is 6.02. The Bertz CT molecular complexity index is 1280. The highest BCUT2D eigenvalue weighted by atomic mass is 16.3. The topological polar surface area (TPSA) is 99.4 Å². The van der Waals surface area contributed by atoms with E-state index in [4.69, 9.17) is 4.98 Å². The fraction of sp³-hybridized carbons (Fsp3) is 0.280. The zero-order chi connectivity index (χ0) is 23.5. The molecule has 0 radical (unpaired) electrons. The molecule has 0 atom stereocenters. The average molecular weight is 458 g/mol. The van der Waals surface area contributed by atoms with Gasteiger partial charge in [0.1, 0.15) is 6.33 Å². The zero-order valence-electron chi connectivity index (χ0n) is 19.1. The summed E-state index contributed by atoms with van der Waals surface area (Å²) in [7, 11) is 2.07. The minimum atomic E-state index is -0.0245. The van der Waals surface area contributed by atoms with Crippen LogP contribution in [0.2, 0.25) is 0 Å². The number of benzene rings is 2. The third kappa shape index (κ3) is 4.35. The van der Waals surface area contributed by atoms with E-state index in [0.717, 1.165) is 37.4 Å². The van der Waals surface area contributed by atoms with E-state index in [9.17, 15) is 9.90 Å². The molecule has 5 rings (SSSR count). The first-order valence-electron chi connectivity index (χ1n) is 11.4. The molecule has 0 aliphatic carbocycles. The number of hydrogen-bond acceptors (Lipinski definition) is 7. The van der Waals surface area contributed by atoms with Crippen molar-refractivity contribution in [2.45, 2.75) is 0 Å². The van der Waals surface area contributed by atoms with Crippen molar-refractivity contribution >= 4 is 22.9 Å². The molecule has 2 aromatic carbocycles. The number of carbonyl (C=O) groups excluding carboxylic acids is 1. The van der Waals surface area contributed by atoms with Gasteiger partial charge >= 0.3 is 0 Å². The van der Waals surface area contributed by atoms with Crippen molar-refractivity contribution in [1.82, 2.24) is 29.3 Å². The highest BCUT2D eigenvalue weighted by Crippen LogP contribution is 2.26. The number of aromatic nitrogens is 4. The predicted octanol–water partition coefficient (Wildman–Crippen LogP) is 2.27. The molecule has 1 aliphatic heterocycles. The highest BCUT2D eigenvalue weighted by Gasteiger charge is 2.21. The van der Waals surface area contributed by atoms with Gasteiger partial charge in [-0.25, -0.2) is 15.0 Å². The minimum absolute atomic E-state index is 0.0245. The molecule has 3 heterocycles. The molecule has 1 saturated heterocycles. The van der Waals surface area contributed by atoms with E-state index in [0.29, 0.717) is 34.9 Å². The number of aliphatic hydroxyl groups excluding tert-OH is 1. The summed E-state index contributed by atoms with van der Waals surface area (Å²) in [5.41, 5.74) is 3.68.